The number of hydrogen-bond acceptors (Lipinski definition) is 8. The summed E-state index contributed by atoms with van der Waals surface area (Å²) in [6.45, 7) is 9.54. The Morgan fingerprint density at radius 2 is 1.88 bits per heavy atom. The molecule has 2 aliphatic heterocycles. The SMILES string of the molecule is CC1=CC(C2=C(C)CCC(OC3OC(CO)C(O)C(O)C3O)C2(C)C)C(C=C(C)C(=O)O)OC1. The number of aliphatic hydroxyl groups is 4. The van der Waals surface area contributed by atoms with Gasteiger partial charge in [-0.05, 0) is 39.7 Å². The lowest BCUT2D eigenvalue weighted by Gasteiger charge is -2.48. The smallest absolute Gasteiger partial charge is 0.331 e. The second-order valence-corrected chi connectivity index (χ2v) is 10.2. The van der Waals surface area contributed by atoms with Gasteiger partial charge in [0.05, 0.1) is 25.4 Å². The average molecular weight is 483 g/mol. The van der Waals surface area contributed by atoms with Crippen LogP contribution in [0.3, 0.4) is 0 Å². The lowest BCUT2D eigenvalue weighted by molar-refractivity contribution is -0.318. The van der Waals surface area contributed by atoms with Gasteiger partial charge in [-0.1, -0.05) is 36.6 Å². The second-order valence-electron chi connectivity index (χ2n) is 10.2. The third-order valence-electron chi connectivity index (χ3n) is 7.29. The monoisotopic (exact) mass is 482 g/mol. The maximum Gasteiger partial charge on any atom is 0.331 e. The minimum absolute atomic E-state index is 0.195. The van der Waals surface area contributed by atoms with Gasteiger partial charge >= 0.3 is 5.97 Å². The highest BCUT2D eigenvalue weighted by Crippen LogP contribution is 2.49. The molecule has 8 unspecified atom stereocenters. The maximum absolute atomic E-state index is 11.5. The van der Waals surface area contributed by atoms with E-state index in [1.54, 1.807) is 13.0 Å². The molecule has 5 N–H and O–H groups in total. The molecule has 9 nitrogen and oxygen atoms in total. The van der Waals surface area contributed by atoms with E-state index in [2.05, 4.69) is 13.0 Å². The molecule has 192 valence electrons. The topological polar surface area (TPSA) is 146 Å². The highest BCUT2D eigenvalue weighted by Gasteiger charge is 2.49. The lowest BCUT2D eigenvalue weighted by atomic mass is 9.64. The average Bonchev–Trinajstić information content (AvgIpc) is 2.77. The summed E-state index contributed by atoms with van der Waals surface area (Å²) in [7, 11) is 0. The molecule has 2 heterocycles. The summed E-state index contributed by atoms with van der Waals surface area (Å²) in [5.74, 6) is -1.19. The zero-order valence-electron chi connectivity index (χ0n) is 20.5. The first-order valence-electron chi connectivity index (χ1n) is 11.7. The van der Waals surface area contributed by atoms with Gasteiger partial charge in [0.2, 0.25) is 0 Å². The number of rotatable bonds is 6. The van der Waals surface area contributed by atoms with Crippen molar-refractivity contribution >= 4 is 5.97 Å². The molecule has 0 aromatic carbocycles. The van der Waals surface area contributed by atoms with Crippen LogP contribution in [0.2, 0.25) is 0 Å². The molecule has 0 amide bonds. The van der Waals surface area contributed by atoms with Crippen LogP contribution >= 0.6 is 0 Å². The van der Waals surface area contributed by atoms with Crippen LogP contribution in [0.25, 0.3) is 0 Å². The van der Waals surface area contributed by atoms with Crippen LogP contribution < -0.4 is 0 Å². The van der Waals surface area contributed by atoms with Gasteiger partial charge in [-0.2, -0.15) is 0 Å². The molecule has 34 heavy (non-hydrogen) atoms. The second kappa shape index (κ2) is 10.6. The molecule has 0 bridgehead atoms. The summed E-state index contributed by atoms with van der Waals surface area (Å²) in [6.07, 6.45) is -2.42. The van der Waals surface area contributed by atoms with E-state index < -0.39 is 60.9 Å². The minimum Gasteiger partial charge on any atom is -0.478 e. The number of carboxylic acids is 1. The predicted molar refractivity (Wildman–Crippen MR) is 123 cm³/mol. The third-order valence-corrected chi connectivity index (χ3v) is 7.29. The zero-order chi connectivity index (χ0) is 25.4. The number of ether oxygens (including phenoxy) is 3. The van der Waals surface area contributed by atoms with Crippen molar-refractivity contribution in [1.29, 1.82) is 0 Å². The Morgan fingerprint density at radius 1 is 1.21 bits per heavy atom. The predicted octanol–water partition coefficient (Wildman–Crippen LogP) is 1.30. The van der Waals surface area contributed by atoms with Gasteiger partial charge in [-0.25, -0.2) is 4.79 Å². The normalized spacial score (nSPS) is 39.1. The summed E-state index contributed by atoms with van der Waals surface area (Å²) in [5.41, 5.74) is 2.96. The number of allylic oxidation sites excluding steroid dienone is 1. The van der Waals surface area contributed by atoms with E-state index in [0.717, 1.165) is 17.6 Å². The van der Waals surface area contributed by atoms with Crippen LogP contribution in [0.1, 0.15) is 47.5 Å². The Hall–Kier alpha value is -1.59. The fraction of sp³-hybridized carbons (Fsp3) is 0.720. The number of carboxylic acid groups (broad SMARTS) is 1. The van der Waals surface area contributed by atoms with Crippen LogP contribution in [0.15, 0.2) is 34.4 Å². The Balaban J connectivity index is 1.91. The largest absolute Gasteiger partial charge is 0.478 e. The van der Waals surface area contributed by atoms with Gasteiger partial charge < -0.3 is 39.7 Å². The summed E-state index contributed by atoms with van der Waals surface area (Å²) in [5, 5.41) is 49.6. The Morgan fingerprint density at radius 3 is 2.50 bits per heavy atom. The molecule has 0 saturated carbocycles. The van der Waals surface area contributed by atoms with Gasteiger partial charge in [0.25, 0.3) is 0 Å². The fourth-order valence-electron chi connectivity index (χ4n) is 5.36. The van der Waals surface area contributed by atoms with Crippen LogP contribution in [-0.4, -0.2) is 87.6 Å². The Kier molecular flexibility index (Phi) is 8.40. The molecule has 1 saturated heterocycles. The van der Waals surface area contributed by atoms with E-state index in [1.165, 1.54) is 5.57 Å². The summed E-state index contributed by atoms with van der Waals surface area (Å²) in [4.78, 5) is 11.5. The van der Waals surface area contributed by atoms with Gasteiger partial charge in [0.1, 0.15) is 24.4 Å². The van der Waals surface area contributed by atoms with E-state index in [0.29, 0.717) is 13.0 Å². The number of aliphatic hydroxyl groups excluding tert-OH is 4. The number of aliphatic carboxylic acids is 1. The van der Waals surface area contributed by atoms with Gasteiger partial charge in [-0.15, -0.1) is 0 Å². The van der Waals surface area contributed by atoms with Crippen molar-refractivity contribution in [2.75, 3.05) is 13.2 Å². The third kappa shape index (κ3) is 5.31. The van der Waals surface area contributed by atoms with Crippen molar-refractivity contribution in [3.63, 3.8) is 0 Å². The molecule has 3 rings (SSSR count). The molecule has 9 heteroatoms. The van der Waals surface area contributed by atoms with Crippen LogP contribution in [0, 0.1) is 11.3 Å². The van der Waals surface area contributed by atoms with E-state index in [4.69, 9.17) is 14.2 Å². The van der Waals surface area contributed by atoms with Crippen LogP contribution in [-0.2, 0) is 19.0 Å². The first kappa shape index (κ1) is 27.0. The van der Waals surface area contributed by atoms with E-state index in [9.17, 15) is 30.3 Å². The maximum atomic E-state index is 11.5. The van der Waals surface area contributed by atoms with E-state index in [-0.39, 0.29) is 11.5 Å². The van der Waals surface area contributed by atoms with E-state index >= 15 is 0 Å². The first-order valence-corrected chi connectivity index (χ1v) is 11.7. The molecule has 1 fully saturated rings. The highest BCUT2D eigenvalue weighted by atomic mass is 16.7. The molecule has 8 atom stereocenters. The lowest BCUT2D eigenvalue weighted by Crippen LogP contribution is -2.60. The Labute approximate surface area is 200 Å². The number of carbonyl (C=O) groups is 1. The molecular weight excluding hydrogens is 444 g/mol. The molecular formula is C25H38O9. The Bertz CT molecular complexity index is 856. The quantitative estimate of drug-likeness (QED) is 0.279. The van der Waals surface area contributed by atoms with Crippen LogP contribution in [0.4, 0.5) is 0 Å². The summed E-state index contributed by atoms with van der Waals surface area (Å²) >= 11 is 0. The van der Waals surface area contributed by atoms with Crippen molar-refractivity contribution in [2.24, 2.45) is 11.3 Å². The van der Waals surface area contributed by atoms with Crippen molar-refractivity contribution < 1.29 is 44.5 Å². The van der Waals surface area contributed by atoms with Gasteiger partial charge in [-0.3, -0.25) is 0 Å². The van der Waals surface area contributed by atoms with E-state index in [1.807, 2.05) is 20.8 Å². The molecule has 0 aromatic heterocycles. The van der Waals surface area contributed by atoms with Gasteiger partial charge in [0.15, 0.2) is 6.29 Å². The highest BCUT2D eigenvalue weighted by molar-refractivity contribution is 5.85. The molecule has 0 radical (unpaired) electrons. The van der Waals surface area contributed by atoms with Crippen LogP contribution in [0.5, 0.6) is 0 Å². The fourth-order valence-corrected chi connectivity index (χ4v) is 5.36. The molecule has 0 spiro atoms. The standard InChI is InChI=1S/C25H38O9/c1-12-8-15(16(32-11-12)9-14(3)23(30)31)19-13(2)6-7-18(25(19,4)5)34-24-22(29)21(28)20(27)17(10-26)33-24/h8-9,15-18,20-22,24,26-29H,6-7,10-11H2,1-5H3,(H,30,31). The van der Waals surface area contributed by atoms with Crippen molar-refractivity contribution in [3.05, 3.63) is 34.4 Å². The molecule has 3 aliphatic rings. The molecule has 0 aromatic rings. The van der Waals surface area contributed by atoms with Crippen molar-refractivity contribution in [1.82, 2.24) is 0 Å². The van der Waals surface area contributed by atoms with Gasteiger partial charge in [0, 0.05) is 16.9 Å². The first-order chi connectivity index (χ1) is 15.9. The number of hydrogen-bond donors (Lipinski definition) is 5. The zero-order valence-corrected chi connectivity index (χ0v) is 20.5. The van der Waals surface area contributed by atoms with Crippen molar-refractivity contribution in [2.45, 2.75) is 90.4 Å². The minimum atomic E-state index is -1.51. The summed E-state index contributed by atoms with van der Waals surface area (Å²) in [6, 6.07) is 0. The summed E-state index contributed by atoms with van der Waals surface area (Å²) < 4.78 is 17.8. The van der Waals surface area contributed by atoms with Crippen molar-refractivity contribution in [3.8, 4) is 0 Å². The molecule has 1 aliphatic carbocycles.